The zero-order valence-electron chi connectivity index (χ0n) is 19.8. The average molecular weight is 479 g/mol. The second kappa shape index (κ2) is 9.54. The van der Waals surface area contributed by atoms with Crippen molar-refractivity contribution in [1.29, 1.82) is 5.26 Å². The molecule has 0 saturated carbocycles. The summed E-state index contributed by atoms with van der Waals surface area (Å²) in [4.78, 5) is 7.28. The number of nitrogens with zero attached hydrogens (tertiary/aromatic N) is 3. The number of allylic oxidation sites excluding steroid dienone is 2. The SMILES string of the molecule is CCNc1cc(Cc2ccc(P3(=O)CCN(C4COC4)CC3)cc2OC)nc2c1C(C#N)=CC2. The number of aromatic nitrogens is 1. The van der Waals surface area contributed by atoms with Crippen LogP contribution in [0.25, 0.3) is 5.57 Å². The third kappa shape index (κ3) is 4.27. The molecule has 8 heteroatoms. The molecule has 2 aromatic rings. The molecule has 1 aromatic carbocycles. The van der Waals surface area contributed by atoms with Crippen LogP contribution in [0.3, 0.4) is 0 Å². The summed E-state index contributed by atoms with van der Waals surface area (Å²) in [6, 6.07) is 10.9. The Bertz CT molecular complexity index is 1200. The minimum atomic E-state index is -2.44. The van der Waals surface area contributed by atoms with Crippen LogP contribution in [0.1, 0.15) is 29.4 Å². The third-order valence-electron chi connectivity index (χ3n) is 7.15. The lowest BCUT2D eigenvalue weighted by atomic mass is 10.0. The molecule has 0 amide bonds. The van der Waals surface area contributed by atoms with Gasteiger partial charge in [0, 0.05) is 72.6 Å². The molecule has 34 heavy (non-hydrogen) atoms. The highest BCUT2D eigenvalue weighted by molar-refractivity contribution is 7.71. The summed E-state index contributed by atoms with van der Waals surface area (Å²) >= 11 is 0. The first kappa shape index (κ1) is 23.1. The standard InChI is InChI=1S/C26H31N4O3P/c1-3-28-24-13-20(29-23-7-5-19(15-27)26(23)24)12-18-4-6-22(14-25(18)32-2)34(31)10-8-30(9-11-34)21-16-33-17-21/h4-6,13-14,21H,3,7-12,16-17H2,1-2H3,(H,28,29). The summed E-state index contributed by atoms with van der Waals surface area (Å²) < 4.78 is 24.8. The molecule has 0 atom stereocenters. The van der Waals surface area contributed by atoms with E-state index in [-0.39, 0.29) is 0 Å². The van der Waals surface area contributed by atoms with E-state index >= 15 is 0 Å². The molecule has 178 valence electrons. The van der Waals surface area contributed by atoms with Crippen molar-refractivity contribution in [3.8, 4) is 11.8 Å². The van der Waals surface area contributed by atoms with Crippen molar-refractivity contribution in [3.63, 3.8) is 0 Å². The Morgan fingerprint density at radius 1 is 1.29 bits per heavy atom. The van der Waals surface area contributed by atoms with Crippen LogP contribution in [0, 0.1) is 11.3 Å². The Balaban J connectivity index is 1.37. The fourth-order valence-corrected chi connectivity index (χ4v) is 7.71. The van der Waals surface area contributed by atoms with E-state index in [2.05, 4.69) is 16.3 Å². The highest BCUT2D eigenvalue weighted by Crippen LogP contribution is 2.47. The Morgan fingerprint density at radius 2 is 2.09 bits per heavy atom. The van der Waals surface area contributed by atoms with Crippen LogP contribution in [0.4, 0.5) is 5.69 Å². The Kier molecular flexibility index (Phi) is 6.48. The van der Waals surface area contributed by atoms with E-state index in [0.29, 0.717) is 36.8 Å². The Morgan fingerprint density at radius 3 is 2.74 bits per heavy atom. The number of nitriles is 1. The van der Waals surface area contributed by atoms with Gasteiger partial charge in [0.15, 0.2) is 0 Å². The molecule has 0 bridgehead atoms. The molecular weight excluding hydrogens is 447 g/mol. The molecule has 3 aliphatic rings. The lowest BCUT2D eigenvalue weighted by molar-refractivity contribution is -0.0620. The van der Waals surface area contributed by atoms with Gasteiger partial charge in [-0.25, -0.2) is 0 Å². The zero-order valence-corrected chi connectivity index (χ0v) is 20.7. The van der Waals surface area contributed by atoms with Gasteiger partial charge in [0.25, 0.3) is 0 Å². The van der Waals surface area contributed by atoms with Gasteiger partial charge < -0.3 is 19.4 Å². The number of pyridine rings is 1. The first-order chi connectivity index (χ1) is 16.5. The maximum absolute atomic E-state index is 13.8. The van der Waals surface area contributed by atoms with Gasteiger partial charge in [0.2, 0.25) is 0 Å². The van der Waals surface area contributed by atoms with Gasteiger partial charge in [-0.1, -0.05) is 18.2 Å². The lowest BCUT2D eigenvalue weighted by Crippen LogP contribution is -2.52. The lowest BCUT2D eigenvalue weighted by Gasteiger charge is -2.41. The molecule has 2 saturated heterocycles. The van der Waals surface area contributed by atoms with Gasteiger partial charge in [0.05, 0.1) is 43.7 Å². The minimum Gasteiger partial charge on any atom is -0.496 e. The summed E-state index contributed by atoms with van der Waals surface area (Å²) in [6.45, 7) is 6.14. The van der Waals surface area contributed by atoms with Gasteiger partial charge >= 0.3 is 0 Å². The highest BCUT2D eigenvalue weighted by Gasteiger charge is 2.35. The molecule has 1 N–H and O–H groups in total. The molecule has 5 rings (SSSR count). The van der Waals surface area contributed by atoms with E-state index in [9.17, 15) is 9.83 Å². The fourth-order valence-electron chi connectivity index (χ4n) is 5.12. The summed E-state index contributed by atoms with van der Waals surface area (Å²) in [6.07, 6.45) is 4.64. The summed E-state index contributed by atoms with van der Waals surface area (Å²) in [5, 5.41) is 13.8. The first-order valence-corrected chi connectivity index (χ1v) is 14.1. The largest absolute Gasteiger partial charge is 0.496 e. The molecule has 0 radical (unpaired) electrons. The van der Waals surface area contributed by atoms with E-state index < -0.39 is 7.14 Å². The second-order valence-electron chi connectivity index (χ2n) is 9.18. The molecular formula is C26H31N4O3P. The quantitative estimate of drug-likeness (QED) is 0.611. The van der Waals surface area contributed by atoms with Crippen molar-refractivity contribution in [2.24, 2.45) is 0 Å². The number of ether oxygens (including phenoxy) is 2. The fraction of sp³-hybridized carbons (Fsp3) is 0.462. The van der Waals surface area contributed by atoms with Crippen molar-refractivity contribution in [2.45, 2.75) is 25.8 Å². The van der Waals surface area contributed by atoms with Gasteiger partial charge in [-0.05, 0) is 19.1 Å². The molecule has 7 nitrogen and oxygen atoms in total. The number of methoxy groups -OCH3 is 1. The van der Waals surface area contributed by atoms with Crippen molar-refractivity contribution in [3.05, 3.63) is 52.9 Å². The number of nitrogens with one attached hydrogen (secondary N) is 1. The maximum Gasteiger partial charge on any atom is 0.123 e. The van der Waals surface area contributed by atoms with Crippen LogP contribution in [0.15, 0.2) is 30.3 Å². The average Bonchev–Trinajstić information content (AvgIpc) is 3.23. The van der Waals surface area contributed by atoms with Crippen LogP contribution in [0.5, 0.6) is 5.75 Å². The number of rotatable bonds is 7. The predicted molar refractivity (Wildman–Crippen MR) is 135 cm³/mol. The van der Waals surface area contributed by atoms with Gasteiger partial charge in [0.1, 0.15) is 12.9 Å². The number of hydrogen-bond acceptors (Lipinski definition) is 7. The molecule has 0 spiro atoms. The van der Waals surface area contributed by atoms with Gasteiger partial charge in [-0.15, -0.1) is 0 Å². The van der Waals surface area contributed by atoms with Crippen LogP contribution in [0.2, 0.25) is 0 Å². The summed E-state index contributed by atoms with van der Waals surface area (Å²) in [7, 11) is -0.768. The van der Waals surface area contributed by atoms with E-state index in [1.165, 1.54) is 0 Å². The van der Waals surface area contributed by atoms with Crippen LogP contribution in [-0.4, -0.2) is 68.2 Å². The predicted octanol–water partition coefficient (Wildman–Crippen LogP) is 3.28. The minimum absolute atomic E-state index is 0.497. The number of benzene rings is 1. The van der Waals surface area contributed by atoms with Crippen molar-refractivity contribution in [2.75, 3.05) is 57.6 Å². The van der Waals surface area contributed by atoms with E-state index in [1.54, 1.807) is 7.11 Å². The first-order valence-electron chi connectivity index (χ1n) is 12.0. The molecule has 1 aromatic heterocycles. The highest BCUT2D eigenvalue weighted by atomic mass is 31.2. The van der Waals surface area contributed by atoms with Gasteiger partial charge in [-0.3, -0.25) is 9.88 Å². The van der Waals surface area contributed by atoms with Gasteiger partial charge in [-0.2, -0.15) is 5.26 Å². The molecule has 3 heterocycles. The third-order valence-corrected chi connectivity index (χ3v) is 10.2. The summed E-state index contributed by atoms with van der Waals surface area (Å²) in [5.74, 6) is 0.755. The van der Waals surface area contributed by atoms with Crippen LogP contribution in [-0.2, 0) is 22.1 Å². The Labute approximate surface area is 201 Å². The number of hydrogen-bond donors (Lipinski definition) is 1. The molecule has 2 fully saturated rings. The second-order valence-corrected chi connectivity index (χ2v) is 12.4. The maximum atomic E-state index is 13.8. The van der Waals surface area contributed by atoms with Crippen LogP contribution >= 0.6 is 7.14 Å². The van der Waals surface area contributed by atoms with E-state index in [0.717, 1.165) is 72.1 Å². The van der Waals surface area contributed by atoms with Crippen molar-refractivity contribution in [1.82, 2.24) is 9.88 Å². The smallest absolute Gasteiger partial charge is 0.123 e. The molecule has 0 unspecified atom stereocenters. The number of fused-ring (bicyclic) bond motifs is 1. The van der Waals surface area contributed by atoms with E-state index in [4.69, 9.17) is 14.5 Å². The van der Waals surface area contributed by atoms with Crippen LogP contribution < -0.4 is 15.4 Å². The molecule has 1 aliphatic carbocycles. The number of anilines is 1. The zero-order chi connectivity index (χ0) is 23.7. The summed E-state index contributed by atoms with van der Waals surface area (Å²) in [5.41, 5.74) is 5.45. The topological polar surface area (TPSA) is 87.5 Å². The Hall–Kier alpha value is -2.65. The normalized spacial score (nSPS) is 19.6. The van der Waals surface area contributed by atoms with Crippen molar-refractivity contribution < 1.29 is 14.0 Å². The monoisotopic (exact) mass is 478 g/mol. The van der Waals surface area contributed by atoms with Crippen molar-refractivity contribution >= 4 is 23.7 Å². The molecule has 2 aliphatic heterocycles. The van der Waals surface area contributed by atoms with E-state index in [1.807, 2.05) is 37.3 Å².